The molecule has 1 atom stereocenters. The van der Waals surface area contributed by atoms with Crippen molar-refractivity contribution in [3.63, 3.8) is 0 Å². The summed E-state index contributed by atoms with van der Waals surface area (Å²) in [5.41, 5.74) is 5.72. The zero-order valence-electron chi connectivity index (χ0n) is 9.74. The van der Waals surface area contributed by atoms with E-state index in [0.29, 0.717) is 12.6 Å². The van der Waals surface area contributed by atoms with Crippen molar-refractivity contribution in [1.29, 1.82) is 0 Å². The summed E-state index contributed by atoms with van der Waals surface area (Å²) in [5, 5.41) is 0. The molecule has 0 bridgehead atoms. The van der Waals surface area contributed by atoms with Gasteiger partial charge in [0.05, 0.1) is 6.61 Å². The van der Waals surface area contributed by atoms with E-state index in [2.05, 4.69) is 0 Å². The smallest absolute Gasteiger partial charge is 0.241 e. The molecule has 0 spiro atoms. The van der Waals surface area contributed by atoms with Crippen molar-refractivity contribution in [1.82, 2.24) is 4.90 Å². The fourth-order valence-corrected chi connectivity index (χ4v) is 2.16. The Morgan fingerprint density at radius 3 is 2.60 bits per heavy atom. The van der Waals surface area contributed by atoms with Crippen LogP contribution in [-0.2, 0) is 9.53 Å². The van der Waals surface area contributed by atoms with Crippen LogP contribution in [0.3, 0.4) is 0 Å². The molecule has 1 fully saturated rings. The van der Waals surface area contributed by atoms with E-state index in [0.717, 1.165) is 12.8 Å². The predicted octanol–water partition coefficient (Wildman–Crippen LogP) is 0.751. The van der Waals surface area contributed by atoms with Crippen molar-refractivity contribution in [2.75, 3.05) is 20.8 Å². The van der Waals surface area contributed by atoms with Gasteiger partial charge in [-0.25, -0.2) is 0 Å². The topological polar surface area (TPSA) is 55.6 Å². The van der Waals surface area contributed by atoms with Crippen molar-refractivity contribution in [3.8, 4) is 0 Å². The number of carbonyl (C=O) groups excluding carboxylic acids is 1. The van der Waals surface area contributed by atoms with E-state index in [-0.39, 0.29) is 5.91 Å². The zero-order valence-corrected chi connectivity index (χ0v) is 9.74. The molecule has 1 aliphatic carbocycles. The second-order valence-corrected chi connectivity index (χ2v) is 4.30. The highest BCUT2D eigenvalue weighted by Gasteiger charge is 2.25. The van der Waals surface area contributed by atoms with Crippen molar-refractivity contribution < 1.29 is 9.53 Å². The van der Waals surface area contributed by atoms with Crippen LogP contribution in [0.1, 0.15) is 32.1 Å². The van der Waals surface area contributed by atoms with Gasteiger partial charge in [-0.2, -0.15) is 0 Å². The summed E-state index contributed by atoms with van der Waals surface area (Å²) < 4.78 is 4.89. The van der Waals surface area contributed by atoms with Crippen LogP contribution < -0.4 is 5.73 Å². The first-order chi connectivity index (χ1) is 7.16. The van der Waals surface area contributed by atoms with Gasteiger partial charge in [0.15, 0.2) is 0 Å². The molecule has 0 aromatic carbocycles. The van der Waals surface area contributed by atoms with Crippen molar-refractivity contribution in [3.05, 3.63) is 0 Å². The van der Waals surface area contributed by atoms with Crippen LogP contribution in [0.4, 0.5) is 0 Å². The fraction of sp³-hybridized carbons (Fsp3) is 0.909. The monoisotopic (exact) mass is 214 g/mol. The molecule has 1 unspecified atom stereocenters. The number of nitrogens with two attached hydrogens (primary N) is 1. The molecule has 0 radical (unpaired) electrons. The summed E-state index contributed by atoms with van der Waals surface area (Å²) in [6.07, 6.45) is 5.97. The summed E-state index contributed by atoms with van der Waals surface area (Å²) in [6.45, 7) is 0.301. The maximum atomic E-state index is 11.9. The Hall–Kier alpha value is -0.610. The highest BCUT2D eigenvalue weighted by Crippen LogP contribution is 2.21. The first-order valence-corrected chi connectivity index (χ1v) is 5.68. The average molecular weight is 214 g/mol. The minimum Gasteiger partial charge on any atom is -0.383 e. The molecule has 2 N–H and O–H groups in total. The normalized spacial score (nSPS) is 19.9. The van der Waals surface area contributed by atoms with Gasteiger partial charge in [-0.15, -0.1) is 0 Å². The Morgan fingerprint density at radius 2 is 2.07 bits per heavy atom. The minimum atomic E-state index is -0.512. The van der Waals surface area contributed by atoms with Gasteiger partial charge >= 0.3 is 0 Å². The zero-order chi connectivity index (χ0) is 11.3. The van der Waals surface area contributed by atoms with E-state index >= 15 is 0 Å². The lowest BCUT2D eigenvalue weighted by Crippen LogP contribution is -2.48. The van der Waals surface area contributed by atoms with E-state index in [1.54, 1.807) is 7.11 Å². The minimum absolute atomic E-state index is 0.00347. The van der Waals surface area contributed by atoms with Crippen LogP contribution in [0, 0.1) is 0 Å². The lowest BCUT2D eigenvalue weighted by Gasteiger charge is -2.32. The van der Waals surface area contributed by atoms with Gasteiger partial charge in [-0.05, 0) is 12.8 Å². The van der Waals surface area contributed by atoms with Crippen LogP contribution >= 0.6 is 0 Å². The van der Waals surface area contributed by atoms with Crippen molar-refractivity contribution in [2.24, 2.45) is 5.73 Å². The highest BCUT2D eigenvalue weighted by atomic mass is 16.5. The molecule has 1 amide bonds. The molecular formula is C11H22N2O2. The number of ether oxygens (including phenoxy) is 1. The molecule has 4 nitrogen and oxygen atoms in total. The maximum Gasteiger partial charge on any atom is 0.241 e. The van der Waals surface area contributed by atoms with Gasteiger partial charge in [-0.1, -0.05) is 19.3 Å². The third-order valence-electron chi connectivity index (χ3n) is 3.13. The van der Waals surface area contributed by atoms with E-state index in [4.69, 9.17) is 10.5 Å². The Labute approximate surface area is 91.8 Å². The summed E-state index contributed by atoms with van der Waals surface area (Å²) in [7, 11) is 3.42. The molecule has 0 saturated heterocycles. The number of likely N-dealkylation sites (N-methyl/N-ethyl adjacent to an activating group) is 1. The van der Waals surface area contributed by atoms with Crippen molar-refractivity contribution >= 4 is 5.91 Å². The summed E-state index contributed by atoms with van der Waals surface area (Å²) in [5.74, 6) is 0.00347. The first-order valence-electron chi connectivity index (χ1n) is 5.68. The van der Waals surface area contributed by atoms with E-state index < -0.39 is 6.04 Å². The summed E-state index contributed by atoms with van der Waals surface area (Å²) >= 11 is 0. The molecular weight excluding hydrogens is 192 g/mol. The number of hydrogen-bond donors (Lipinski definition) is 1. The third-order valence-corrected chi connectivity index (χ3v) is 3.13. The Bertz CT molecular complexity index is 203. The molecule has 0 aromatic heterocycles. The SMILES string of the molecule is COCC(N)C(=O)N(C)C1CCCCC1. The Balaban J connectivity index is 2.43. The highest BCUT2D eigenvalue weighted by molar-refractivity contribution is 5.81. The van der Waals surface area contributed by atoms with Gasteiger partial charge < -0.3 is 15.4 Å². The average Bonchev–Trinajstić information content (AvgIpc) is 2.28. The van der Waals surface area contributed by atoms with Crippen LogP contribution in [-0.4, -0.2) is 43.7 Å². The molecule has 88 valence electrons. The molecule has 0 aliphatic heterocycles. The van der Waals surface area contributed by atoms with Crippen LogP contribution in [0.25, 0.3) is 0 Å². The Morgan fingerprint density at radius 1 is 1.47 bits per heavy atom. The Kier molecular flexibility index (Phi) is 5.05. The van der Waals surface area contributed by atoms with E-state index in [1.807, 2.05) is 11.9 Å². The number of rotatable bonds is 4. The number of amides is 1. The second kappa shape index (κ2) is 6.08. The van der Waals surface area contributed by atoms with Crippen LogP contribution in [0.15, 0.2) is 0 Å². The summed E-state index contributed by atoms with van der Waals surface area (Å²) in [6, 6.07) is -0.129. The van der Waals surface area contributed by atoms with Gasteiger partial charge in [0, 0.05) is 20.2 Å². The maximum absolute atomic E-state index is 11.9. The van der Waals surface area contributed by atoms with Crippen LogP contribution in [0.2, 0.25) is 0 Å². The molecule has 1 rings (SSSR count). The molecule has 4 heteroatoms. The van der Waals surface area contributed by atoms with Gasteiger partial charge in [0.2, 0.25) is 5.91 Å². The molecule has 0 aromatic rings. The van der Waals surface area contributed by atoms with Gasteiger partial charge in [0.1, 0.15) is 6.04 Å². The molecule has 0 heterocycles. The number of methoxy groups -OCH3 is 1. The number of carbonyl (C=O) groups is 1. The largest absolute Gasteiger partial charge is 0.383 e. The lowest BCUT2D eigenvalue weighted by molar-refractivity contribution is -0.135. The lowest BCUT2D eigenvalue weighted by atomic mass is 9.94. The van der Waals surface area contributed by atoms with Crippen molar-refractivity contribution in [2.45, 2.75) is 44.2 Å². The van der Waals surface area contributed by atoms with E-state index in [1.165, 1.54) is 19.3 Å². The first kappa shape index (κ1) is 12.5. The molecule has 1 aliphatic rings. The predicted molar refractivity (Wildman–Crippen MR) is 59.5 cm³/mol. The number of hydrogen-bond acceptors (Lipinski definition) is 3. The quantitative estimate of drug-likeness (QED) is 0.751. The fourth-order valence-electron chi connectivity index (χ4n) is 2.16. The molecule has 15 heavy (non-hydrogen) atoms. The summed E-state index contributed by atoms with van der Waals surface area (Å²) in [4.78, 5) is 13.7. The van der Waals surface area contributed by atoms with Gasteiger partial charge in [-0.3, -0.25) is 4.79 Å². The van der Waals surface area contributed by atoms with Crippen LogP contribution in [0.5, 0.6) is 0 Å². The standard InChI is InChI=1S/C11H22N2O2/c1-13(9-6-4-3-5-7-9)11(14)10(12)8-15-2/h9-10H,3-8,12H2,1-2H3. The molecule has 1 saturated carbocycles. The number of nitrogens with zero attached hydrogens (tertiary/aromatic N) is 1. The second-order valence-electron chi connectivity index (χ2n) is 4.30. The third kappa shape index (κ3) is 3.47. The van der Waals surface area contributed by atoms with Gasteiger partial charge in [0.25, 0.3) is 0 Å². The van der Waals surface area contributed by atoms with E-state index in [9.17, 15) is 4.79 Å².